The summed E-state index contributed by atoms with van der Waals surface area (Å²) in [5.74, 6) is 0.659. The molecule has 2 N–H and O–H groups in total. The van der Waals surface area contributed by atoms with Gasteiger partial charge in [0.15, 0.2) is 0 Å². The van der Waals surface area contributed by atoms with Gasteiger partial charge in [-0.25, -0.2) is 4.68 Å². The number of hydrogen-bond acceptors (Lipinski definition) is 3. The van der Waals surface area contributed by atoms with Crippen molar-refractivity contribution in [2.75, 3.05) is 0 Å². The second-order valence-electron chi connectivity index (χ2n) is 4.40. The molecular formula is C11H20N4S. The normalized spacial score (nSPS) is 11.0. The number of hydrogen-bond donors (Lipinski definition) is 1. The first-order valence-electron chi connectivity index (χ1n) is 5.78. The van der Waals surface area contributed by atoms with Gasteiger partial charge in [-0.3, -0.25) is 0 Å². The molecule has 0 aliphatic carbocycles. The first-order chi connectivity index (χ1) is 7.56. The highest BCUT2D eigenvalue weighted by molar-refractivity contribution is 7.80. The molecule has 90 valence electrons. The van der Waals surface area contributed by atoms with E-state index in [9.17, 15) is 0 Å². The lowest BCUT2D eigenvalue weighted by Crippen LogP contribution is -2.14. The van der Waals surface area contributed by atoms with Crippen LogP contribution in [0, 0.1) is 5.92 Å². The SMILES string of the molecule is CCCc1c(C(N)=S)nnn1CCC(C)C. The average molecular weight is 240 g/mol. The first kappa shape index (κ1) is 13.1. The molecule has 0 atom stereocenters. The molecule has 0 aromatic carbocycles. The van der Waals surface area contributed by atoms with Gasteiger partial charge in [0, 0.05) is 6.54 Å². The minimum atomic E-state index is 0.347. The minimum absolute atomic E-state index is 0.347. The number of nitrogens with two attached hydrogens (primary N) is 1. The molecule has 1 rings (SSSR count). The Morgan fingerprint density at radius 3 is 2.69 bits per heavy atom. The Kier molecular flexibility index (Phi) is 4.86. The molecule has 0 amide bonds. The van der Waals surface area contributed by atoms with E-state index < -0.39 is 0 Å². The highest BCUT2D eigenvalue weighted by atomic mass is 32.1. The van der Waals surface area contributed by atoms with Gasteiger partial charge in [0.25, 0.3) is 0 Å². The highest BCUT2D eigenvalue weighted by Crippen LogP contribution is 2.11. The Hall–Kier alpha value is -0.970. The van der Waals surface area contributed by atoms with Crippen molar-refractivity contribution in [3.05, 3.63) is 11.4 Å². The zero-order chi connectivity index (χ0) is 12.1. The Balaban J connectivity index is 2.86. The molecule has 0 radical (unpaired) electrons. The van der Waals surface area contributed by atoms with Gasteiger partial charge in [0.1, 0.15) is 10.7 Å². The number of thiocarbonyl (C=S) groups is 1. The van der Waals surface area contributed by atoms with Gasteiger partial charge in [-0.2, -0.15) is 0 Å². The molecule has 0 bridgehead atoms. The van der Waals surface area contributed by atoms with Crippen molar-refractivity contribution in [3.8, 4) is 0 Å². The summed E-state index contributed by atoms with van der Waals surface area (Å²) in [4.78, 5) is 0.347. The molecule has 0 fully saturated rings. The fourth-order valence-corrected chi connectivity index (χ4v) is 1.73. The van der Waals surface area contributed by atoms with E-state index in [1.54, 1.807) is 0 Å². The largest absolute Gasteiger partial charge is 0.388 e. The predicted octanol–water partition coefficient (Wildman–Crippen LogP) is 1.91. The predicted molar refractivity (Wildman–Crippen MR) is 69.4 cm³/mol. The maximum Gasteiger partial charge on any atom is 0.143 e. The third-order valence-corrected chi connectivity index (χ3v) is 2.67. The fourth-order valence-electron chi connectivity index (χ4n) is 1.57. The summed E-state index contributed by atoms with van der Waals surface area (Å²) in [5, 5.41) is 8.19. The van der Waals surface area contributed by atoms with Crippen molar-refractivity contribution < 1.29 is 0 Å². The molecule has 0 saturated heterocycles. The summed E-state index contributed by atoms with van der Waals surface area (Å²) in [7, 11) is 0. The molecule has 0 aliphatic rings. The van der Waals surface area contributed by atoms with Crippen LogP contribution < -0.4 is 5.73 Å². The minimum Gasteiger partial charge on any atom is -0.388 e. The molecule has 1 aromatic rings. The van der Waals surface area contributed by atoms with E-state index in [-0.39, 0.29) is 0 Å². The van der Waals surface area contributed by atoms with Crippen LogP contribution in [0.5, 0.6) is 0 Å². The lowest BCUT2D eigenvalue weighted by Gasteiger charge is -2.08. The number of rotatable bonds is 6. The van der Waals surface area contributed by atoms with Crippen LogP contribution in [0.25, 0.3) is 0 Å². The van der Waals surface area contributed by atoms with Gasteiger partial charge in [0.05, 0.1) is 5.69 Å². The molecule has 0 saturated carbocycles. The van der Waals surface area contributed by atoms with E-state index in [4.69, 9.17) is 18.0 Å². The maximum absolute atomic E-state index is 5.63. The summed E-state index contributed by atoms with van der Waals surface area (Å²) in [6.07, 6.45) is 3.07. The molecule has 0 unspecified atom stereocenters. The monoisotopic (exact) mass is 240 g/mol. The fraction of sp³-hybridized carbons (Fsp3) is 0.727. The summed E-state index contributed by atoms with van der Waals surface area (Å²) in [6, 6.07) is 0. The number of nitrogens with zero attached hydrogens (tertiary/aromatic N) is 3. The Morgan fingerprint density at radius 2 is 2.19 bits per heavy atom. The average Bonchev–Trinajstić information content (AvgIpc) is 2.59. The molecule has 5 heteroatoms. The van der Waals surface area contributed by atoms with Crippen molar-refractivity contribution in [2.45, 2.75) is 46.6 Å². The first-order valence-corrected chi connectivity index (χ1v) is 6.19. The maximum atomic E-state index is 5.63. The standard InChI is InChI=1S/C11H20N4S/c1-4-5-9-10(11(12)16)13-14-15(9)7-6-8(2)3/h8H,4-7H2,1-3H3,(H2,12,16). The van der Waals surface area contributed by atoms with E-state index >= 15 is 0 Å². The van der Waals surface area contributed by atoms with Gasteiger partial charge in [-0.1, -0.05) is 44.6 Å². The second kappa shape index (κ2) is 5.94. The van der Waals surface area contributed by atoms with E-state index in [0.29, 0.717) is 16.6 Å². The van der Waals surface area contributed by atoms with Crippen LogP contribution in [0.3, 0.4) is 0 Å². The van der Waals surface area contributed by atoms with Gasteiger partial charge < -0.3 is 5.73 Å². The Labute approximate surface area is 102 Å². The summed E-state index contributed by atoms with van der Waals surface area (Å²) in [6.45, 7) is 7.42. The van der Waals surface area contributed by atoms with Crippen molar-refractivity contribution >= 4 is 17.2 Å². The topological polar surface area (TPSA) is 56.7 Å². The quantitative estimate of drug-likeness (QED) is 0.772. The number of aromatic nitrogens is 3. The van der Waals surface area contributed by atoms with Crippen LogP contribution >= 0.6 is 12.2 Å². The Morgan fingerprint density at radius 1 is 1.50 bits per heavy atom. The summed E-state index contributed by atoms with van der Waals surface area (Å²) >= 11 is 4.97. The van der Waals surface area contributed by atoms with Crippen molar-refractivity contribution in [1.82, 2.24) is 15.0 Å². The molecule has 0 aliphatic heterocycles. The second-order valence-corrected chi connectivity index (χ2v) is 4.84. The molecular weight excluding hydrogens is 220 g/mol. The van der Waals surface area contributed by atoms with Crippen LogP contribution in [0.1, 0.15) is 45.0 Å². The van der Waals surface area contributed by atoms with E-state index in [1.165, 1.54) is 0 Å². The molecule has 1 aromatic heterocycles. The molecule has 16 heavy (non-hydrogen) atoms. The smallest absolute Gasteiger partial charge is 0.143 e. The Bertz CT molecular complexity index is 357. The van der Waals surface area contributed by atoms with Gasteiger partial charge in [-0.05, 0) is 18.8 Å². The lowest BCUT2D eigenvalue weighted by atomic mass is 10.1. The van der Waals surface area contributed by atoms with Crippen LogP contribution in [0.15, 0.2) is 0 Å². The number of aryl methyl sites for hydroxylation is 1. The molecule has 0 spiro atoms. The van der Waals surface area contributed by atoms with Crippen LogP contribution in [-0.2, 0) is 13.0 Å². The zero-order valence-corrected chi connectivity index (χ0v) is 11.0. The van der Waals surface area contributed by atoms with Gasteiger partial charge in [-0.15, -0.1) is 5.10 Å². The van der Waals surface area contributed by atoms with Crippen LogP contribution in [-0.4, -0.2) is 20.0 Å². The van der Waals surface area contributed by atoms with Gasteiger partial charge >= 0.3 is 0 Å². The van der Waals surface area contributed by atoms with Crippen molar-refractivity contribution in [3.63, 3.8) is 0 Å². The third kappa shape index (κ3) is 3.27. The third-order valence-electron chi connectivity index (χ3n) is 2.48. The van der Waals surface area contributed by atoms with Crippen LogP contribution in [0.2, 0.25) is 0 Å². The van der Waals surface area contributed by atoms with Crippen LogP contribution in [0.4, 0.5) is 0 Å². The summed E-state index contributed by atoms with van der Waals surface area (Å²) < 4.78 is 1.94. The zero-order valence-electron chi connectivity index (χ0n) is 10.2. The van der Waals surface area contributed by atoms with Gasteiger partial charge in [0.2, 0.25) is 0 Å². The molecule has 4 nitrogen and oxygen atoms in total. The van der Waals surface area contributed by atoms with E-state index in [1.807, 2.05) is 4.68 Å². The van der Waals surface area contributed by atoms with Crippen molar-refractivity contribution in [1.29, 1.82) is 0 Å². The lowest BCUT2D eigenvalue weighted by molar-refractivity contribution is 0.466. The van der Waals surface area contributed by atoms with E-state index in [0.717, 1.165) is 31.5 Å². The highest BCUT2D eigenvalue weighted by Gasteiger charge is 2.14. The summed E-state index contributed by atoms with van der Waals surface area (Å²) in [5.41, 5.74) is 7.40. The van der Waals surface area contributed by atoms with Crippen molar-refractivity contribution in [2.24, 2.45) is 11.7 Å². The van der Waals surface area contributed by atoms with E-state index in [2.05, 4.69) is 31.1 Å². The molecule has 1 heterocycles.